The molecule has 0 saturated heterocycles. The smallest absolute Gasteiger partial charge is 0.252 e. The maximum absolute atomic E-state index is 2.71. The Hall–Kier alpha value is -11.3. The molecule has 2 nitrogen and oxygen atoms in total. The van der Waals surface area contributed by atoms with Crippen LogP contribution >= 0.6 is 0 Å². The van der Waals surface area contributed by atoms with Crippen LogP contribution in [0.1, 0.15) is 128 Å². The summed E-state index contributed by atoms with van der Waals surface area (Å²) in [5.41, 5.74) is 36.3. The van der Waals surface area contributed by atoms with Crippen molar-refractivity contribution in [3.05, 3.63) is 366 Å². The van der Waals surface area contributed by atoms with E-state index in [0.29, 0.717) is 0 Å². The van der Waals surface area contributed by atoms with E-state index in [0.717, 1.165) is 61.9 Å². The molecule has 0 radical (unpaired) electrons. The molecule has 3 heteroatoms. The molecule has 0 N–H and O–H groups in total. The molecule has 2 aliphatic heterocycles. The lowest BCUT2D eigenvalue weighted by molar-refractivity contribution is 0.569. The van der Waals surface area contributed by atoms with E-state index >= 15 is 0 Å². The summed E-state index contributed by atoms with van der Waals surface area (Å²) < 4.78 is 0. The summed E-state index contributed by atoms with van der Waals surface area (Å²) in [7, 11) is 0. The van der Waals surface area contributed by atoms with Crippen molar-refractivity contribution in [3.8, 4) is 77.9 Å². The second-order valence-corrected chi connectivity index (χ2v) is 33.2. The predicted molar refractivity (Wildman–Crippen MR) is 445 cm³/mol. The Kier molecular flexibility index (Phi) is 15.9. The highest BCUT2D eigenvalue weighted by Gasteiger charge is 2.50. The first-order valence-corrected chi connectivity index (χ1v) is 37.2. The first-order valence-electron chi connectivity index (χ1n) is 37.2. The molecule has 0 spiro atoms. The van der Waals surface area contributed by atoms with Crippen molar-refractivity contribution >= 4 is 57.2 Å². The highest BCUT2D eigenvalue weighted by molar-refractivity contribution is 7.00. The van der Waals surface area contributed by atoms with Gasteiger partial charge >= 0.3 is 0 Å². The van der Waals surface area contributed by atoms with Crippen LogP contribution in [-0.2, 0) is 27.1 Å². The minimum absolute atomic E-state index is 0.00278. The van der Waals surface area contributed by atoms with Gasteiger partial charge in [-0.05, 0) is 180 Å². The van der Waals surface area contributed by atoms with E-state index in [-0.39, 0.29) is 28.4 Å². The van der Waals surface area contributed by atoms with E-state index < -0.39 is 5.41 Å². The standard InChI is InChI=1S/C101H89BN2/c1-97(2,3)74-52-48-66(49-53-74)70-51-56-90-88(60-70)102-87-55-50-71(72-58-78(99(7,8)9)64-79(59-72)100(10,11)12)61-91(87)103(89-57-54-77(98(4,5)6)65-85(89)69-36-22-15-23-37-69)92-62-73(63-93(95(92)102)104(90)96-81(67-32-18-13-19-33-67)44-31-45-82(96)68-34-20-14-21-35-68)80-43-30-46-84-83-42-28-29-47-86(83)101(94(80)84,75-38-24-16-25-39-75)76-40-26-17-27-41-76/h13-65H,1-12H3. The lowest BCUT2D eigenvalue weighted by atomic mass is 9.33. The fourth-order valence-corrected chi connectivity index (χ4v) is 17.1. The molecular weight excluding hydrogens is 1250 g/mol. The van der Waals surface area contributed by atoms with Crippen LogP contribution in [0.5, 0.6) is 0 Å². The minimum atomic E-state index is -0.702. The van der Waals surface area contributed by atoms with Crippen molar-refractivity contribution < 1.29 is 0 Å². The van der Waals surface area contributed by atoms with Gasteiger partial charge in [-0.25, -0.2) is 0 Å². The first-order chi connectivity index (χ1) is 50.1. The maximum Gasteiger partial charge on any atom is 0.252 e. The molecule has 0 saturated carbocycles. The maximum atomic E-state index is 2.71. The molecule has 14 aromatic rings. The molecule has 14 aromatic carbocycles. The molecule has 17 rings (SSSR count). The Morgan fingerprint density at radius 1 is 0.240 bits per heavy atom. The molecule has 0 atom stereocenters. The third-order valence-corrected chi connectivity index (χ3v) is 22.6. The van der Waals surface area contributed by atoms with Crippen molar-refractivity contribution in [1.82, 2.24) is 0 Å². The largest absolute Gasteiger partial charge is 0.311 e. The van der Waals surface area contributed by atoms with Gasteiger partial charge in [0, 0.05) is 39.4 Å². The third-order valence-electron chi connectivity index (χ3n) is 22.6. The Morgan fingerprint density at radius 2 is 0.673 bits per heavy atom. The van der Waals surface area contributed by atoms with Crippen molar-refractivity contribution in [1.29, 1.82) is 0 Å². The van der Waals surface area contributed by atoms with Gasteiger partial charge in [-0.1, -0.05) is 368 Å². The van der Waals surface area contributed by atoms with E-state index in [1.165, 1.54) is 111 Å². The summed E-state index contributed by atoms with van der Waals surface area (Å²) in [4.78, 5) is 5.42. The van der Waals surface area contributed by atoms with Gasteiger partial charge in [-0.15, -0.1) is 0 Å². The minimum Gasteiger partial charge on any atom is -0.311 e. The molecule has 1 aliphatic carbocycles. The first kappa shape index (κ1) is 66.0. The average molecular weight is 1340 g/mol. The predicted octanol–water partition coefficient (Wildman–Crippen LogP) is 25.3. The van der Waals surface area contributed by atoms with Crippen LogP contribution < -0.4 is 26.2 Å². The lowest BCUT2D eigenvalue weighted by Crippen LogP contribution is -2.61. The zero-order valence-corrected chi connectivity index (χ0v) is 62.1. The second-order valence-electron chi connectivity index (χ2n) is 33.2. The summed E-state index contributed by atoms with van der Waals surface area (Å²) in [6.45, 7) is 27.9. The van der Waals surface area contributed by atoms with Gasteiger partial charge in [0.1, 0.15) is 0 Å². The van der Waals surface area contributed by atoms with Crippen LogP contribution in [-0.4, -0.2) is 6.71 Å². The van der Waals surface area contributed by atoms with Crippen molar-refractivity contribution in [2.75, 3.05) is 9.80 Å². The Labute approximate surface area is 617 Å². The Morgan fingerprint density at radius 3 is 1.23 bits per heavy atom. The Bertz CT molecular complexity index is 5500. The summed E-state index contributed by atoms with van der Waals surface area (Å²) in [6, 6.07) is 124. The summed E-state index contributed by atoms with van der Waals surface area (Å²) in [5.74, 6) is 0. The zero-order valence-electron chi connectivity index (χ0n) is 62.1. The third kappa shape index (κ3) is 11.1. The highest BCUT2D eigenvalue weighted by Crippen LogP contribution is 2.60. The van der Waals surface area contributed by atoms with Crippen molar-refractivity contribution in [2.45, 2.75) is 110 Å². The van der Waals surface area contributed by atoms with Crippen LogP contribution in [0.3, 0.4) is 0 Å². The van der Waals surface area contributed by atoms with Crippen LogP contribution in [0, 0.1) is 0 Å². The van der Waals surface area contributed by atoms with Gasteiger partial charge in [-0.3, -0.25) is 0 Å². The SMILES string of the molecule is CC(C)(C)c1ccc(-c2ccc3c(c2)B2c4ccc(-c5cc(C(C)(C)C)cc(C(C)(C)C)c5)cc4N(c4ccc(C(C)(C)C)cc4-c4ccccc4)c4cc(-c5cccc6c5C(c5ccccc5)(c5ccccc5)c5ccccc5-6)cc(c42)N3c2c(-c3ccccc3)cccc2-c2ccccc2)cc1. The van der Waals surface area contributed by atoms with Crippen LogP contribution in [0.4, 0.5) is 34.1 Å². The number of nitrogens with zero attached hydrogens (tertiary/aromatic N) is 2. The fraction of sp³-hybridized carbons (Fsp3) is 0.168. The molecule has 2 heterocycles. The number of para-hydroxylation sites is 1. The zero-order chi connectivity index (χ0) is 71.6. The number of fused-ring (bicyclic) bond motifs is 7. The van der Waals surface area contributed by atoms with Gasteiger partial charge in [0.05, 0.1) is 16.8 Å². The second kappa shape index (κ2) is 25.0. The van der Waals surface area contributed by atoms with Crippen molar-refractivity contribution in [3.63, 3.8) is 0 Å². The normalized spacial score (nSPS) is 13.6. The molecule has 0 fully saturated rings. The van der Waals surface area contributed by atoms with Gasteiger partial charge in [0.15, 0.2) is 0 Å². The number of benzene rings is 14. The fourth-order valence-electron chi connectivity index (χ4n) is 17.1. The number of anilines is 6. The van der Waals surface area contributed by atoms with Gasteiger partial charge < -0.3 is 9.80 Å². The van der Waals surface area contributed by atoms with E-state index in [1.54, 1.807) is 0 Å². The number of rotatable bonds is 10. The van der Waals surface area contributed by atoms with Gasteiger partial charge in [-0.2, -0.15) is 0 Å². The summed E-state index contributed by atoms with van der Waals surface area (Å²) >= 11 is 0. The molecule has 0 amide bonds. The van der Waals surface area contributed by atoms with E-state index in [2.05, 4.69) is 414 Å². The summed E-state index contributed by atoms with van der Waals surface area (Å²) in [6.07, 6.45) is 0. The molecule has 104 heavy (non-hydrogen) atoms. The van der Waals surface area contributed by atoms with Gasteiger partial charge in [0.25, 0.3) is 6.71 Å². The highest BCUT2D eigenvalue weighted by atomic mass is 15.2. The van der Waals surface area contributed by atoms with E-state index in [4.69, 9.17) is 0 Å². The van der Waals surface area contributed by atoms with Crippen molar-refractivity contribution in [2.24, 2.45) is 0 Å². The van der Waals surface area contributed by atoms with Crippen LogP contribution in [0.2, 0.25) is 0 Å². The topological polar surface area (TPSA) is 6.48 Å². The van der Waals surface area contributed by atoms with Crippen LogP contribution in [0.25, 0.3) is 77.9 Å². The molecule has 506 valence electrons. The molecular formula is C101H89BN2. The summed E-state index contributed by atoms with van der Waals surface area (Å²) in [5, 5.41) is 0. The van der Waals surface area contributed by atoms with Crippen LogP contribution in [0.15, 0.2) is 322 Å². The molecule has 3 aliphatic rings. The molecule has 0 bridgehead atoms. The molecule has 0 unspecified atom stereocenters. The monoisotopic (exact) mass is 1340 g/mol. The number of hydrogen-bond donors (Lipinski definition) is 0. The lowest BCUT2D eigenvalue weighted by Gasteiger charge is -2.46. The van der Waals surface area contributed by atoms with E-state index in [9.17, 15) is 0 Å². The Balaban J connectivity index is 1.07. The molecule has 0 aromatic heterocycles. The van der Waals surface area contributed by atoms with Gasteiger partial charge in [0.2, 0.25) is 0 Å². The van der Waals surface area contributed by atoms with E-state index in [1.807, 2.05) is 0 Å². The average Bonchev–Trinajstić information content (AvgIpc) is 1.22. The quantitative estimate of drug-likeness (QED) is 0.126. The number of hydrogen-bond acceptors (Lipinski definition) is 2.